The molecule has 1 aromatic rings. The standard InChI is InChI=1S/C9H8OSe/c10-8-5-6-11-9-4-2-1-3-7(8)9/h1-4H,5-6H2. The van der Waals surface area contributed by atoms with Gasteiger partial charge in [0.15, 0.2) is 0 Å². The van der Waals surface area contributed by atoms with Gasteiger partial charge in [0.2, 0.25) is 0 Å². The Labute approximate surface area is 72.0 Å². The van der Waals surface area contributed by atoms with Gasteiger partial charge in [0.1, 0.15) is 0 Å². The van der Waals surface area contributed by atoms with Crippen LogP contribution in [0.5, 0.6) is 0 Å². The third-order valence-corrected chi connectivity index (χ3v) is 4.03. The fraction of sp³-hybridized carbons (Fsp3) is 0.222. The Bertz CT molecular complexity index is 293. The van der Waals surface area contributed by atoms with Crippen LogP contribution in [0.2, 0.25) is 5.32 Å². The average molecular weight is 211 g/mol. The normalized spacial score (nSPS) is 16.2. The predicted octanol–water partition coefficient (Wildman–Crippen LogP) is 1.02. The molecule has 0 saturated heterocycles. The number of carbonyl (C=O) groups excluding carboxylic acids is 1. The minimum atomic E-state index is 0.328. The van der Waals surface area contributed by atoms with Gasteiger partial charge in [-0.25, -0.2) is 0 Å². The summed E-state index contributed by atoms with van der Waals surface area (Å²) in [5.74, 6) is 0.328. The molecule has 1 heterocycles. The Kier molecular flexibility index (Phi) is 1.80. The van der Waals surface area contributed by atoms with Crippen LogP contribution in [0.25, 0.3) is 0 Å². The Hall–Kier alpha value is -0.591. The molecular formula is C9H8OSe. The van der Waals surface area contributed by atoms with Gasteiger partial charge >= 0.3 is 71.6 Å². The molecule has 2 heteroatoms. The molecule has 56 valence electrons. The number of benzene rings is 1. The topological polar surface area (TPSA) is 17.1 Å². The third kappa shape index (κ3) is 1.24. The molecule has 2 rings (SSSR count). The van der Waals surface area contributed by atoms with E-state index in [1.807, 2.05) is 18.2 Å². The van der Waals surface area contributed by atoms with Crippen molar-refractivity contribution in [2.45, 2.75) is 11.7 Å². The van der Waals surface area contributed by atoms with Gasteiger partial charge in [-0.2, -0.15) is 0 Å². The molecule has 0 spiro atoms. The van der Waals surface area contributed by atoms with Crippen molar-refractivity contribution in [3.8, 4) is 0 Å². The van der Waals surface area contributed by atoms with Gasteiger partial charge in [0.25, 0.3) is 0 Å². The molecule has 0 N–H and O–H groups in total. The van der Waals surface area contributed by atoms with Crippen molar-refractivity contribution in [2.24, 2.45) is 0 Å². The number of hydrogen-bond donors (Lipinski definition) is 0. The number of Topliss-reactive ketones (excluding diaryl/α,β-unsaturated/α-hetero) is 1. The molecule has 0 radical (unpaired) electrons. The van der Waals surface area contributed by atoms with Crippen LogP contribution in [0, 0.1) is 0 Å². The summed E-state index contributed by atoms with van der Waals surface area (Å²) < 4.78 is 1.29. The van der Waals surface area contributed by atoms with E-state index >= 15 is 0 Å². The number of fused-ring (bicyclic) bond motifs is 1. The predicted molar refractivity (Wildman–Crippen MR) is 45.6 cm³/mol. The van der Waals surface area contributed by atoms with E-state index in [-0.39, 0.29) is 0 Å². The average Bonchev–Trinajstić information content (AvgIpc) is 2.06. The van der Waals surface area contributed by atoms with Gasteiger partial charge in [-0.05, 0) is 0 Å². The number of ketones is 1. The Balaban J connectivity index is 2.52. The first kappa shape index (κ1) is 7.08. The number of carbonyl (C=O) groups is 1. The van der Waals surface area contributed by atoms with Crippen molar-refractivity contribution >= 4 is 25.2 Å². The number of rotatable bonds is 0. The van der Waals surface area contributed by atoms with Gasteiger partial charge in [0, 0.05) is 0 Å². The van der Waals surface area contributed by atoms with Crippen molar-refractivity contribution in [1.29, 1.82) is 0 Å². The molecule has 1 nitrogen and oxygen atoms in total. The fourth-order valence-corrected chi connectivity index (χ4v) is 3.35. The van der Waals surface area contributed by atoms with Crippen molar-refractivity contribution in [2.75, 3.05) is 0 Å². The molecule has 0 aliphatic carbocycles. The second kappa shape index (κ2) is 2.80. The van der Waals surface area contributed by atoms with E-state index in [1.165, 1.54) is 4.46 Å². The van der Waals surface area contributed by atoms with Crippen LogP contribution in [0.4, 0.5) is 0 Å². The SMILES string of the molecule is O=C1CC[Se]c2ccccc21. The molecule has 0 saturated carbocycles. The van der Waals surface area contributed by atoms with E-state index in [9.17, 15) is 4.79 Å². The van der Waals surface area contributed by atoms with Crippen molar-refractivity contribution in [3.63, 3.8) is 0 Å². The zero-order valence-electron chi connectivity index (χ0n) is 6.04. The summed E-state index contributed by atoms with van der Waals surface area (Å²) in [5, 5.41) is 1.09. The van der Waals surface area contributed by atoms with E-state index in [1.54, 1.807) is 0 Å². The maximum absolute atomic E-state index is 11.3. The van der Waals surface area contributed by atoms with Gasteiger partial charge < -0.3 is 0 Å². The Morgan fingerprint density at radius 2 is 2.09 bits per heavy atom. The minimum absolute atomic E-state index is 0.328. The van der Waals surface area contributed by atoms with Crippen molar-refractivity contribution < 1.29 is 4.79 Å². The second-order valence-corrected chi connectivity index (χ2v) is 4.90. The molecular weight excluding hydrogens is 203 g/mol. The van der Waals surface area contributed by atoms with Gasteiger partial charge in [0.05, 0.1) is 0 Å². The first-order chi connectivity index (χ1) is 5.38. The molecule has 0 fully saturated rings. The molecule has 0 atom stereocenters. The van der Waals surface area contributed by atoms with Gasteiger partial charge in [-0.15, -0.1) is 0 Å². The van der Waals surface area contributed by atoms with Gasteiger partial charge in [-0.1, -0.05) is 0 Å². The van der Waals surface area contributed by atoms with E-state index < -0.39 is 0 Å². The zero-order chi connectivity index (χ0) is 7.68. The van der Waals surface area contributed by atoms with Crippen LogP contribution in [0.15, 0.2) is 24.3 Å². The molecule has 0 unspecified atom stereocenters. The van der Waals surface area contributed by atoms with Crippen molar-refractivity contribution in [3.05, 3.63) is 29.8 Å². The monoisotopic (exact) mass is 212 g/mol. The van der Waals surface area contributed by atoms with E-state index in [2.05, 4.69) is 6.07 Å². The molecule has 1 aliphatic heterocycles. The molecule has 0 amide bonds. The fourth-order valence-electron chi connectivity index (χ4n) is 1.21. The summed E-state index contributed by atoms with van der Waals surface area (Å²) in [7, 11) is 0. The Morgan fingerprint density at radius 1 is 1.27 bits per heavy atom. The molecule has 0 bridgehead atoms. The van der Waals surface area contributed by atoms with Crippen LogP contribution in [0.3, 0.4) is 0 Å². The molecule has 1 aromatic carbocycles. The van der Waals surface area contributed by atoms with E-state index in [0.717, 1.165) is 17.3 Å². The van der Waals surface area contributed by atoms with Crippen LogP contribution in [-0.2, 0) is 0 Å². The third-order valence-electron chi connectivity index (χ3n) is 1.77. The quantitative estimate of drug-likeness (QED) is 0.585. The summed E-state index contributed by atoms with van der Waals surface area (Å²) in [6, 6.07) is 7.97. The first-order valence-corrected chi connectivity index (χ1v) is 5.70. The molecule has 1 aliphatic rings. The summed E-state index contributed by atoms with van der Waals surface area (Å²) in [5.41, 5.74) is 0.971. The Morgan fingerprint density at radius 3 is 2.91 bits per heavy atom. The summed E-state index contributed by atoms with van der Waals surface area (Å²) in [6.45, 7) is 0. The van der Waals surface area contributed by atoms with E-state index in [0.29, 0.717) is 20.7 Å². The molecule has 0 aromatic heterocycles. The van der Waals surface area contributed by atoms with Crippen LogP contribution >= 0.6 is 0 Å². The summed E-state index contributed by atoms with van der Waals surface area (Å²) in [4.78, 5) is 11.3. The summed E-state index contributed by atoms with van der Waals surface area (Å²) >= 11 is 0.546. The van der Waals surface area contributed by atoms with Crippen molar-refractivity contribution in [1.82, 2.24) is 0 Å². The summed E-state index contributed by atoms with van der Waals surface area (Å²) in [6.07, 6.45) is 0.761. The van der Waals surface area contributed by atoms with Crippen LogP contribution in [0.1, 0.15) is 16.8 Å². The van der Waals surface area contributed by atoms with Gasteiger partial charge in [-0.3, -0.25) is 0 Å². The maximum atomic E-state index is 11.3. The van der Waals surface area contributed by atoms with Crippen LogP contribution in [-0.4, -0.2) is 20.7 Å². The number of hydrogen-bond acceptors (Lipinski definition) is 1. The van der Waals surface area contributed by atoms with Crippen LogP contribution < -0.4 is 4.46 Å². The molecule has 11 heavy (non-hydrogen) atoms. The zero-order valence-corrected chi connectivity index (χ0v) is 7.75. The first-order valence-electron chi connectivity index (χ1n) is 3.63. The van der Waals surface area contributed by atoms with E-state index in [4.69, 9.17) is 0 Å². The second-order valence-electron chi connectivity index (χ2n) is 2.52.